The molecule has 0 radical (unpaired) electrons. The monoisotopic (exact) mass is 293 g/mol. The molecular formula is C11H19NO4S2. The maximum Gasteiger partial charge on any atom is 0.211 e. The summed E-state index contributed by atoms with van der Waals surface area (Å²) in [5, 5.41) is 12.0. The number of aliphatic hydroxyl groups is 1. The smallest absolute Gasteiger partial charge is 0.211 e. The van der Waals surface area contributed by atoms with E-state index in [9.17, 15) is 13.5 Å². The van der Waals surface area contributed by atoms with Gasteiger partial charge in [0.1, 0.15) is 5.60 Å². The van der Waals surface area contributed by atoms with Gasteiger partial charge in [0.05, 0.1) is 5.75 Å². The zero-order valence-electron chi connectivity index (χ0n) is 10.5. The third kappa shape index (κ3) is 5.03. The highest BCUT2D eigenvalue weighted by Crippen LogP contribution is 2.24. The Balaban J connectivity index is 2.49. The number of hydrogen-bond acceptors (Lipinski definition) is 5. The van der Waals surface area contributed by atoms with E-state index in [1.807, 2.05) is 11.4 Å². The van der Waals surface area contributed by atoms with Crippen molar-refractivity contribution >= 4 is 21.4 Å². The Morgan fingerprint density at radius 3 is 2.83 bits per heavy atom. The Morgan fingerprint density at radius 1 is 1.56 bits per heavy atom. The molecule has 0 aliphatic heterocycles. The van der Waals surface area contributed by atoms with Gasteiger partial charge in [0.25, 0.3) is 0 Å². The second-order valence-corrected chi connectivity index (χ2v) is 7.11. The van der Waals surface area contributed by atoms with Crippen LogP contribution < -0.4 is 4.72 Å². The first-order chi connectivity index (χ1) is 8.37. The normalized spacial score (nSPS) is 15.5. The SMILES string of the molecule is COCCCS(=O)(=O)NC[C@](C)(O)c1cccs1. The van der Waals surface area contributed by atoms with Crippen molar-refractivity contribution in [2.24, 2.45) is 0 Å². The van der Waals surface area contributed by atoms with Gasteiger partial charge in [0.15, 0.2) is 0 Å². The third-order valence-electron chi connectivity index (χ3n) is 2.45. The Bertz CT molecular complexity index is 440. The zero-order valence-corrected chi connectivity index (χ0v) is 12.2. The van der Waals surface area contributed by atoms with E-state index in [1.54, 1.807) is 13.0 Å². The molecule has 5 nitrogen and oxygen atoms in total. The van der Waals surface area contributed by atoms with Crippen LogP contribution in [0.25, 0.3) is 0 Å². The lowest BCUT2D eigenvalue weighted by molar-refractivity contribution is 0.0666. The van der Waals surface area contributed by atoms with Crippen molar-refractivity contribution in [1.29, 1.82) is 0 Å². The average molecular weight is 293 g/mol. The highest BCUT2D eigenvalue weighted by molar-refractivity contribution is 7.89. The first kappa shape index (κ1) is 15.6. The van der Waals surface area contributed by atoms with Crippen LogP contribution in [-0.4, -0.2) is 39.5 Å². The van der Waals surface area contributed by atoms with Gasteiger partial charge >= 0.3 is 0 Å². The molecule has 0 aromatic carbocycles. The van der Waals surface area contributed by atoms with E-state index in [2.05, 4.69) is 4.72 Å². The molecule has 7 heteroatoms. The van der Waals surface area contributed by atoms with Gasteiger partial charge in [-0.05, 0) is 24.8 Å². The van der Waals surface area contributed by atoms with Gasteiger partial charge in [-0.15, -0.1) is 11.3 Å². The topological polar surface area (TPSA) is 75.6 Å². The summed E-state index contributed by atoms with van der Waals surface area (Å²) < 4.78 is 30.5. The van der Waals surface area contributed by atoms with Crippen LogP contribution in [0.4, 0.5) is 0 Å². The Hall–Kier alpha value is -0.470. The van der Waals surface area contributed by atoms with Gasteiger partial charge in [-0.3, -0.25) is 0 Å². The first-order valence-electron chi connectivity index (χ1n) is 5.60. The number of methoxy groups -OCH3 is 1. The summed E-state index contributed by atoms with van der Waals surface area (Å²) in [5.41, 5.74) is -1.18. The van der Waals surface area contributed by atoms with Crippen molar-refractivity contribution in [3.05, 3.63) is 22.4 Å². The number of ether oxygens (including phenoxy) is 1. The van der Waals surface area contributed by atoms with Crippen molar-refractivity contribution in [2.45, 2.75) is 18.9 Å². The van der Waals surface area contributed by atoms with E-state index in [-0.39, 0.29) is 12.3 Å². The molecule has 0 amide bonds. The van der Waals surface area contributed by atoms with Gasteiger partial charge in [-0.2, -0.15) is 0 Å². The minimum absolute atomic E-state index is 0.00135. The average Bonchev–Trinajstić information content (AvgIpc) is 2.81. The van der Waals surface area contributed by atoms with E-state index >= 15 is 0 Å². The van der Waals surface area contributed by atoms with E-state index in [4.69, 9.17) is 4.74 Å². The molecule has 1 aromatic heterocycles. The second kappa shape index (κ2) is 6.63. The maximum absolute atomic E-state index is 11.6. The third-order valence-corrected chi connectivity index (χ3v) is 4.98. The van der Waals surface area contributed by atoms with Crippen LogP contribution in [0.1, 0.15) is 18.2 Å². The van der Waals surface area contributed by atoms with Crippen molar-refractivity contribution in [2.75, 3.05) is 26.0 Å². The van der Waals surface area contributed by atoms with Crippen LogP contribution in [0.2, 0.25) is 0 Å². The fourth-order valence-corrected chi connectivity index (χ4v) is 3.32. The lowest BCUT2D eigenvalue weighted by Gasteiger charge is -2.22. The molecule has 0 bridgehead atoms. The van der Waals surface area contributed by atoms with Crippen molar-refractivity contribution in [1.82, 2.24) is 4.72 Å². The number of rotatable bonds is 8. The van der Waals surface area contributed by atoms with E-state index < -0.39 is 15.6 Å². The molecule has 0 unspecified atom stereocenters. The molecule has 18 heavy (non-hydrogen) atoms. The Morgan fingerprint density at radius 2 is 2.28 bits per heavy atom. The quantitative estimate of drug-likeness (QED) is 0.699. The molecule has 1 atom stereocenters. The zero-order chi connectivity index (χ0) is 13.6. The van der Waals surface area contributed by atoms with E-state index in [1.165, 1.54) is 18.4 Å². The second-order valence-electron chi connectivity index (χ2n) is 4.24. The molecule has 0 aliphatic carbocycles. The Kier molecular flexibility index (Phi) is 5.74. The summed E-state index contributed by atoms with van der Waals surface area (Å²) in [6.07, 6.45) is 0.437. The van der Waals surface area contributed by atoms with Crippen LogP contribution in [-0.2, 0) is 20.4 Å². The molecule has 2 N–H and O–H groups in total. The molecule has 0 saturated carbocycles. The number of sulfonamides is 1. The molecular weight excluding hydrogens is 274 g/mol. The van der Waals surface area contributed by atoms with Crippen molar-refractivity contribution < 1.29 is 18.3 Å². The molecule has 0 saturated heterocycles. The summed E-state index contributed by atoms with van der Waals surface area (Å²) in [6, 6.07) is 3.60. The fourth-order valence-electron chi connectivity index (χ4n) is 1.39. The lowest BCUT2D eigenvalue weighted by atomic mass is 10.1. The predicted molar refractivity (Wildman–Crippen MR) is 72.2 cm³/mol. The van der Waals surface area contributed by atoms with Crippen LogP contribution >= 0.6 is 11.3 Å². The van der Waals surface area contributed by atoms with Gasteiger partial charge < -0.3 is 9.84 Å². The van der Waals surface area contributed by atoms with Gasteiger partial charge in [0.2, 0.25) is 10.0 Å². The number of nitrogens with one attached hydrogen (secondary N) is 1. The van der Waals surface area contributed by atoms with Crippen molar-refractivity contribution in [3.8, 4) is 0 Å². The van der Waals surface area contributed by atoms with Gasteiger partial charge in [0, 0.05) is 25.1 Å². The summed E-state index contributed by atoms with van der Waals surface area (Å²) in [7, 11) is -1.83. The molecule has 0 fully saturated rings. The first-order valence-corrected chi connectivity index (χ1v) is 8.13. The largest absolute Gasteiger partial charge is 0.385 e. The van der Waals surface area contributed by atoms with Crippen LogP contribution in [0.15, 0.2) is 17.5 Å². The van der Waals surface area contributed by atoms with E-state index in [0.717, 1.165) is 4.88 Å². The van der Waals surface area contributed by atoms with Gasteiger partial charge in [-0.25, -0.2) is 13.1 Å². The van der Waals surface area contributed by atoms with Crippen molar-refractivity contribution in [3.63, 3.8) is 0 Å². The lowest BCUT2D eigenvalue weighted by Crippen LogP contribution is -2.39. The standard InChI is InChI=1S/C11H19NO4S2/c1-11(13,10-5-3-7-17-10)9-12-18(14,15)8-4-6-16-2/h3,5,7,12-13H,4,6,8-9H2,1-2H3/t11-/m0/s1. The van der Waals surface area contributed by atoms with Crippen LogP contribution in [0.3, 0.4) is 0 Å². The maximum atomic E-state index is 11.6. The summed E-state index contributed by atoms with van der Waals surface area (Å²) in [4.78, 5) is 0.738. The molecule has 1 rings (SSSR count). The molecule has 0 spiro atoms. The summed E-state index contributed by atoms with van der Waals surface area (Å²) in [6.45, 7) is 1.97. The fraction of sp³-hybridized carbons (Fsp3) is 0.636. The number of thiophene rings is 1. The molecule has 0 aliphatic rings. The summed E-state index contributed by atoms with van der Waals surface area (Å²) >= 11 is 1.40. The van der Waals surface area contributed by atoms with Gasteiger partial charge in [-0.1, -0.05) is 6.07 Å². The minimum atomic E-state index is -3.36. The minimum Gasteiger partial charge on any atom is -0.385 e. The molecule has 1 aromatic rings. The molecule has 104 valence electrons. The van der Waals surface area contributed by atoms with Crippen LogP contribution in [0.5, 0.6) is 0 Å². The predicted octanol–water partition coefficient (Wildman–Crippen LogP) is 0.912. The number of hydrogen-bond donors (Lipinski definition) is 2. The molecule has 1 heterocycles. The highest BCUT2D eigenvalue weighted by atomic mass is 32.2. The summed E-state index contributed by atoms with van der Waals surface area (Å²) in [5.74, 6) is 0.00135. The van der Waals surface area contributed by atoms with E-state index in [0.29, 0.717) is 13.0 Å². The Labute approximate surface area is 112 Å². The van der Waals surface area contributed by atoms with Crippen LogP contribution in [0, 0.1) is 0 Å². The highest BCUT2D eigenvalue weighted by Gasteiger charge is 2.26.